The number of nitrogens with zero attached hydrogens (tertiary/aromatic N) is 1. The first-order valence-corrected chi connectivity index (χ1v) is 6.02. The van der Waals surface area contributed by atoms with Crippen LogP contribution in [0, 0.1) is 11.8 Å². The molecule has 1 aromatic heterocycles. The van der Waals surface area contributed by atoms with Gasteiger partial charge in [0, 0.05) is 6.20 Å². The quantitative estimate of drug-likeness (QED) is 0.847. The van der Waals surface area contributed by atoms with E-state index in [0.717, 1.165) is 6.42 Å². The minimum absolute atomic E-state index is 0.0357. The Hall–Kier alpha value is -1.62. The van der Waals surface area contributed by atoms with Crippen LogP contribution in [0.2, 0.25) is 5.02 Å². The number of carbonyl (C=O) groups excluding carboxylic acids is 2. The summed E-state index contributed by atoms with van der Waals surface area (Å²) >= 11 is 5.66. The first-order chi connectivity index (χ1) is 8.56. The maximum atomic E-state index is 11.5. The summed E-state index contributed by atoms with van der Waals surface area (Å²) < 4.78 is 4.89. The second-order valence-corrected chi connectivity index (χ2v) is 4.77. The van der Waals surface area contributed by atoms with Crippen molar-refractivity contribution in [3.63, 3.8) is 0 Å². The van der Waals surface area contributed by atoms with Crippen molar-refractivity contribution in [2.75, 3.05) is 11.9 Å². The van der Waals surface area contributed by atoms with Crippen molar-refractivity contribution in [3.8, 4) is 0 Å². The molecule has 1 amide bonds. The van der Waals surface area contributed by atoms with Crippen LogP contribution in [0.4, 0.5) is 5.82 Å². The van der Waals surface area contributed by atoms with Gasteiger partial charge < -0.3 is 10.1 Å². The highest BCUT2D eigenvalue weighted by Crippen LogP contribution is 2.38. The molecule has 0 radical (unpaired) electrons. The largest absolute Gasteiger partial charge is 0.455 e. The normalized spacial score (nSPS) is 21.2. The second-order valence-electron chi connectivity index (χ2n) is 4.34. The summed E-state index contributed by atoms with van der Waals surface area (Å²) in [6.07, 6.45) is 2.27. The Morgan fingerprint density at radius 1 is 1.56 bits per heavy atom. The molecule has 1 aromatic rings. The molecule has 2 atom stereocenters. The van der Waals surface area contributed by atoms with Crippen molar-refractivity contribution in [1.29, 1.82) is 0 Å². The first-order valence-electron chi connectivity index (χ1n) is 5.64. The highest BCUT2D eigenvalue weighted by molar-refractivity contribution is 6.30. The molecule has 96 valence electrons. The van der Waals surface area contributed by atoms with Gasteiger partial charge in [0.05, 0.1) is 10.9 Å². The van der Waals surface area contributed by atoms with Gasteiger partial charge in [0.2, 0.25) is 0 Å². The molecule has 1 heterocycles. The molecule has 0 unspecified atom stereocenters. The zero-order valence-corrected chi connectivity index (χ0v) is 10.6. The molecule has 1 aliphatic rings. The van der Waals surface area contributed by atoms with Crippen LogP contribution >= 0.6 is 11.6 Å². The number of ether oxygens (including phenoxy) is 1. The van der Waals surface area contributed by atoms with E-state index in [-0.39, 0.29) is 18.5 Å². The van der Waals surface area contributed by atoms with E-state index in [4.69, 9.17) is 16.3 Å². The standard InChI is InChI=1S/C12H13ClN2O3/c1-7-4-9(7)12(17)18-6-11(16)15-10-3-2-8(13)5-14-10/h2-3,5,7,9H,4,6H2,1H3,(H,14,15,16)/t7-,9-/m0/s1. The van der Waals surface area contributed by atoms with Crippen LogP contribution < -0.4 is 5.32 Å². The third-order valence-corrected chi connectivity index (χ3v) is 2.98. The van der Waals surface area contributed by atoms with Gasteiger partial charge in [-0.3, -0.25) is 9.59 Å². The number of anilines is 1. The summed E-state index contributed by atoms with van der Waals surface area (Å²) in [7, 11) is 0. The molecular weight excluding hydrogens is 256 g/mol. The van der Waals surface area contributed by atoms with E-state index in [1.807, 2.05) is 6.92 Å². The predicted octanol–water partition coefficient (Wildman–Crippen LogP) is 1.87. The van der Waals surface area contributed by atoms with Crippen LogP contribution in [0.5, 0.6) is 0 Å². The summed E-state index contributed by atoms with van der Waals surface area (Å²) in [4.78, 5) is 26.7. The number of nitrogens with one attached hydrogen (secondary N) is 1. The lowest BCUT2D eigenvalue weighted by Crippen LogP contribution is -2.22. The Balaban J connectivity index is 1.75. The fourth-order valence-electron chi connectivity index (χ4n) is 1.52. The highest BCUT2D eigenvalue weighted by Gasteiger charge is 2.40. The number of aromatic nitrogens is 1. The molecule has 18 heavy (non-hydrogen) atoms. The molecule has 0 spiro atoms. The number of amides is 1. The van der Waals surface area contributed by atoms with Gasteiger partial charge in [-0.25, -0.2) is 4.98 Å². The lowest BCUT2D eigenvalue weighted by molar-refractivity contribution is -0.148. The van der Waals surface area contributed by atoms with Gasteiger partial charge in [0.15, 0.2) is 6.61 Å². The van der Waals surface area contributed by atoms with E-state index in [1.165, 1.54) is 6.20 Å². The molecule has 0 bridgehead atoms. The van der Waals surface area contributed by atoms with Gasteiger partial charge >= 0.3 is 5.97 Å². The number of carbonyl (C=O) groups is 2. The molecule has 2 rings (SSSR count). The Bertz CT molecular complexity index is 461. The maximum Gasteiger partial charge on any atom is 0.309 e. The molecule has 1 N–H and O–H groups in total. The van der Waals surface area contributed by atoms with Crippen molar-refractivity contribution in [1.82, 2.24) is 4.98 Å². The van der Waals surface area contributed by atoms with Crippen molar-refractivity contribution >= 4 is 29.3 Å². The third kappa shape index (κ3) is 3.43. The zero-order chi connectivity index (χ0) is 13.1. The van der Waals surface area contributed by atoms with Gasteiger partial charge in [-0.2, -0.15) is 0 Å². The summed E-state index contributed by atoms with van der Waals surface area (Å²) in [5.41, 5.74) is 0. The second kappa shape index (κ2) is 5.35. The molecule has 5 nitrogen and oxygen atoms in total. The highest BCUT2D eigenvalue weighted by atomic mass is 35.5. The van der Waals surface area contributed by atoms with Gasteiger partial charge in [-0.05, 0) is 24.5 Å². The summed E-state index contributed by atoms with van der Waals surface area (Å²) in [6.45, 7) is 1.69. The van der Waals surface area contributed by atoms with Crippen molar-refractivity contribution in [3.05, 3.63) is 23.4 Å². The smallest absolute Gasteiger partial charge is 0.309 e. The predicted molar refractivity (Wildman–Crippen MR) is 66.1 cm³/mol. The summed E-state index contributed by atoms with van der Waals surface area (Å²) in [5, 5.41) is 3.00. The lowest BCUT2D eigenvalue weighted by atomic mass is 10.3. The van der Waals surface area contributed by atoms with E-state index < -0.39 is 5.91 Å². The molecule has 6 heteroatoms. The lowest BCUT2D eigenvalue weighted by Gasteiger charge is -2.05. The molecular formula is C12H13ClN2O3. The van der Waals surface area contributed by atoms with Crippen LogP contribution in [0.1, 0.15) is 13.3 Å². The van der Waals surface area contributed by atoms with Gasteiger partial charge in [0.1, 0.15) is 5.82 Å². The first kappa shape index (κ1) is 12.8. The average molecular weight is 269 g/mol. The van der Waals surface area contributed by atoms with Gasteiger partial charge in [-0.15, -0.1) is 0 Å². The topological polar surface area (TPSA) is 68.3 Å². The van der Waals surface area contributed by atoms with Gasteiger partial charge in [0.25, 0.3) is 5.91 Å². The average Bonchev–Trinajstić information content (AvgIpc) is 3.06. The van der Waals surface area contributed by atoms with Crippen LogP contribution in [0.15, 0.2) is 18.3 Å². The molecule has 1 saturated carbocycles. The number of hydrogen-bond donors (Lipinski definition) is 1. The summed E-state index contributed by atoms with van der Waals surface area (Å²) in [6, 6.07) is 3.19. The van der Waals surface area contributed by atoms with E-state index >= 15 is 0 Å². The van der Waals surface area contributed by atoms with Crippen LogP contribution in [-0.2, 0) is 14.3 Å². The van der Waals surface area contributed by atoms with E-state index in [0.29, 0.717) is 16.8 Å². The van der Waals surface area contributed by atoms with Crippen LogP contribution in [-0.4, -0.2) is 23.5 Å². The van der Waals surface area contributed by atoms with E-state index in [1.54, 1.807) is 12.1 Å². The molecule has 0 aliphatic heterocycles. The number of pyridine rings is 1. The van der Waals surface area contributed by atoms with Crippen molar-refractivity contribution in [2.45, 2.75) is 13.3 Å². The summed E-state index contributed by atoms with van der Waals surface area (Å²) in [5.74, 6) is -0.00150. The molecule has 1 aliphatic carbocycles. The fraction of sp³-hybridized carbons (Fsp3) is 0.417. The minimum Gasteiger partial charge on any atom is -0.455 e. The number of rotatable bonds is 4. The Morgan fingerprint density at radius 2 is 2.28 bits per heavy atom. The van der Waals surface area contributed by atoms with E-state index in [9.17, 15) is 9.59 Å². The monoisotopic (exact) mass is 268 g/mol. The number of halogens is 1. The Kier molecular flexibility index (Phi) is 3.81. The molecule has 1 fully saturated rings. The molecule has 0 aromatic carbocycles. The van der Waals surface area contributed by atoms with E-state index in [2.05, 4.69) is 10.3 Å². The third-order valence-electron chi connectivity index (χ3n) is 2.75. The van der Waals surface area contributed by atoms with Gasteiger partial charge in [-0.1, -0.05) is 18.5 Å². The Morgan fingerprint density at radius 3 is 2.83 bits per heavy atom. The van der Waals surface area contributed by atoms with Crippen molar-refractivity contribution in [2.24, 2.45) is 11.8 Å². The SMILES string of the molecule is C[C@H]1C[C@@H]1C(=O)OCC(=O)Nc1ccc(Cl)cn1. The zero-order valence-electron chi connectivity index (χ0n) is 9.85. The number of hydrogen-bond acceptors (Lipinski definition) is 4. The van der Waals surface area contributed by atoms with Crippen LogP contribution in [0.25, 0.3) is 0 Å². The maximum absolute atomic E-state index is 11.5. The number of esters is 1. The van der Waals surface area contributed by atoms with Crippen molar-refractivity contribution < 1.29 is 14.3 Å². The fourth-order valence-corrected chi connectivity index (χ4v) is 1.63. The van der Waals surface area contributed by atoms with Crippen LogP contribution in [0.3, 0.4) is 0 Å². The minimum atomic E-state index is -0.411. The molecule has 0 saturated heterocycles. The Labute approximate surface area is 109 Å².